The third kappa shape index (κ3) is 3.56. The van der Waals surface area contributed by atoms with Crippen LogP contribution in [0.15, 0.2) is 52.2 Å². The van der Waals surface area contributed by atoms with E-state index >= 15 is 0 Å². The predicted molar refractivity (Wildman–Crippen MR) is 109 cm³/mol. The highest BCUT2D eigenvalue weighted by Crippen LogP contribution is 2.21. The summed E-state index contributed by atoms with van der Waals surface area (Å²) in [5, 5.41) is 0.659. The van der Waals surface area contributed by atoms with Crippen LogP contribution in [0.25, 0.3) is 21.8 Å². The summed E-state index contributed by atoms with van der Waals surface area (Å²) < 4.78 is 34.0. The first-order valence-electron chi connectivity index (χ1n) is 9.32. The van der Waals surface area contributed by atoms with Crippen molar-refractivity contribution in [2.24, 2.45) is 0 Å². The number of ether oxygens (including phenoxy) is 1. The van der Waals surface area contributed by atoms with E-state index in [1.807, 2.05) is 13.0 Å². The summed E-state index contributed by atoms with van der Waals surface area (Å²) in [6, 6.07) is 12.0. The van der Waals surface area contributed by atoms with E-state index in [4.69, 9.17) is 4.74 Å². The van der Waals surface area contributed by atoms with Gasteiger partial charge < -0.3 is 9.72 Å². The lowest BCUT2D eigenvalue weighted by Crippen LogP contribution is -2.47. The standard InChI is InChI=1S/C20H23N3O4S/c1-14(23-9-11-27-12-10-23)13-21-28(25,26)18-8-4-7-17-19(18)20(24)15-5-2-3-6-16(15)22-17/h2-8,14,21H,9-13H2,1H3,(H,22,24). The smallest absolute Gasteiger partial charge is 0.241 e. The Labute approximate surface area is 163 Å². The number of aromatic amines is 1. The molecule has 3 aromatic rings. The van der Waals surface area contributed by atoms with Gasteiger partial charge >= 0.3 is 0 Å². The lowest BCUT2D eigenvalue weighted by molar-refractivity contribution is 0.0213. The summed E-state index contributed by atoms with van der Waals surface area (Å²) >= 11 is 0. The van der Waals surface area contributed by atoms with E-state index in [1.54, 1.807) is 30.3 Å². The molecular weight excluding hydrogens is 378 g/mol. The lowest BCUT2D eigenvalue weighted by Gasteiger charge is -2.32. The Morgan fingerprint density at radius 2 is 1.82 bits per heavy atom. The Morgan fingerprint density at radius 1 is 1.11 bits per heavy atom. The fourth-order valence-corrected chi connectivity index (χ4v) is 4.96. The highest BCUT2D eigenvalue weighted by atomic mass is 32.2. The number of rotatable bonds is 5. The number of pyridine rings is 1. The Bertz CT molecular complexity index is 1170. The first-order chi connectivity index (χ1) is 13.5. The van der Waals surface area contributed by atoms with Gasteiger partial charge in [-0.2, -0.15) is 0 Å². The molecule has 2 heterocycles. The van der Waals surface area contributed by atoms with Crippen LogP contribution >= 0.6 is 0 Å². The molecule has 2 N–H and O–H groups in total. The number of sulfonamides is 1. The first kappa shape index (κ1) is 19.1. The van der Waals surface area contributed by atoms with Crippen molar-refractivity contribution < 1.29 is 13.2 Å². The van der Waals surface area contributed by atoms with Gasteiger partial charge in [-0.05, 0) is 31.2 Å². The normalized spacial score (nSPS) is 17.2. The van der Waals surface area contributed by atoms with E-state index in [0.29, 0.717) is 29.6 Å². The molecular formula is C20H23N3O4S. The zero-order chi connectivity index (χ0) is 19.7. The summed E-state index contributed by atoms with van der Waals surface area (Å²) in [6.07, 6.45) is 0. The van der Waals surface area contributed by atoms with Crippen LogP contribution in [0.5, 0.6) is 0 Å². The maximum Gasteiger partial charge on any atom is 0.241 e. The van der Waals surface area contributed by atoms with Crippen molar-refractivity contribution in [1.29, 1.82) is 0 Å². The van der Waals surface area contributed by atoms with Crippen LogP contribution in [0.2, 0.25) is 0 Å². The summed E-state index contributed by atoms with van der Waals surface area (Å²) in [7, 11) is -3.84. The highest BCUT2D eigenvalue weighted by Gasteiger charge is 2.23. The Balaban J connectivity index is 1.69. The molecule has 0 aliphatic carbocycles. The van der Waals surface area contributed by atoms with Gasteiger partial charge in [-0.15, -0.1) is 0 Å². The molecule has 1 atom stereocenters. The first-order valence-corrected chi connectivity index (χ1v) is 10.8. The number of para-hydroxylation sites is 1. The van der Waals surface area contributed by atoms with Crippen LogP contribution in [0.4, 0.5) is 0 Å². The quantitative estimate of drug-likeness (QED) is 0.635. The minimum Gasteiger partial charge on any atom is -0.379 e. The number of benzene rings is 2. The maximum absolute atomic E-state index is 13.0. The van der Waals surface area contributed by atoms with Gasteiger partial charge in [0.15, 0.2) is 5.43 Å². The second-order valence-corrected chi connectivity index (χ2v) is 8.76. The number of fused-ring (bicyclic) bond motifs is 2. The second kappa shape index (κ2) is 7.63. The Hall–Kier alpha value is -2.26. The van der Waals surface area contributed by atoms with Crippen molar-refractivity contribution in [3.8, 4) is 0 Å². The molecule has 1 unspecified atom stereocenters. The molecule has 1 aliphatic heterocycles. The summed E-state index contributed by atoms with van der Waals surface area (Å²) in [6.45, 7) is 5.12. The summed E-state index contributed by atoms with van der Waals surface area (Å²) in [4.78, 5) is 18.4. The lowest BCUT2D eigenvalue weighted by atomic mass is 10.1. The maximum atomic E-state index is 13.0. The van der Waals surface area contributed by atoms with Gasteiger partial charge in [0.1, 0.15) is 0 Å². The van der Waals surface area contributed by atoms with Crippen LogP contribution in [0.1, 0.15) is 6.92 Å². The molecule has 148 valence electrons. The van der Waals surface area contributed by atoms with Gasteiger partial charge in [-0.25, -0.2) is 13.1 Å². The second-order valence-electron chi connectivity index (χ2n) is 7.03. The monoisotopic (exact) mass is 401 g/mol. The molecule has 1 saturated heterocycles. The minimum atomic E-state index is -3.84. The largest absolute Gasteiger partial charge is 0.379 e. The summed E-state index contributed by atoms with van der Waals surface area (Å²) in [5.41, 5.74) is 0.905. The summed E-state index contributed by atoms with van der Waals surface area (Å²) in [5.74, 6) is 0. The van der Waals surface area contributed by atoms with E-state index in [9.17, 15) is 13.2 Å². The predicted octanol–water partition coefficient (Wildman–Crippen LogP) is 1.68. The third-order valence-corrected chi connectivity index (χ3v) is 6.69. The average Bonchev–Trinajstić information content (AvgIpc) is 2.72. The number of morpholine rings is 1. The van der Waals surface area contributed by atoms with Crippen LogP contribution in [0.3, 0.4) is 0 Å². The topological polar surface area (TPSA) is 91.5 Å². The number of nitrogens with zero attached hydrogens (tertiary/aromatic N) is 1. The Kier molecular flexibility index (Phi) is 5.20. The molecule has 0 spiro atoms. The van der Waals surface area contributed by atoms with Gasteiger partial charge in [-0.1, -0.05) is 18.2 Å². The van der Waals surface area contributed by atoms with Gasteiger partial charge in [-0.3, -0.25) is 9.69 Å². The average molecular weight is 401 g/mol. The molecule has 0 amide bonds. The zero-order valence-electron chi connectivity index (χ0n) is 15.6. The van der Waals surface area contributed by atoms with Crippen molar-refractivity contribution in [3.63, 3.8) is 0 Å². The fourth-order valence-electron chi connectivity index (χ4n) is 3.62. The molecule has 0 saturated carbocycles. The van der Waals surface area contributed by atoms with E-state index in [0.717, 1.165) is 13.1 Å². The number of nitrogens with one attached hydrogen (secondary N) is 2. The van der Waals surface area contributed by atoms with Crippen LogP contribution in [0, 0.1) is 0 Å². The van der Waals surface area contributed by atoms with Crippen molar-refractivity contribution in [2.75, 3.05) is 32.8 Å². The van der Waals surface area contributed by atoms with Crippen LogP contribution < -0.4 is 10.2 Å². The van der Waals surface area contributed by atoms with Crippen molar-refractivity contribution in [2.45, 2.75) is 17.9 Å². The SMILES string of the molecule is CC(CNS(=O)(=O)c1cccc2[nH]c3ccccc3c(=O)c12)N1CCOCC1. The highest BCUT2D eigenvalue weighted by molar-refractivity contribution is 7.89. The van der Waals surface area contributed by atoms with Gasteiger partial charge in [0, 0.05) is 36.6 Å². The molecule has 1 aliphatic rings. The molecule has 4 rings (SSSR count). The molecule has 2 aromatic carbocycles. The molecule has 1 fully saturated rings. The molecule has 0 radical (unpaired) electrons. The fraction of sp³-hybridized carbons (Fsp3) is 0.350. The molecule has 28 heavy (non-hydrogen) atoms. The van der Waals surface area contributed by atoms with Gasteiger partial charge in [0.25, 0.3) is 0 Å². The van der Waals surface area contributed by atoms with E-state index < -0.39 is 10.0 Å². The number of hydrogen-bond donors (Lipinski definition) is 2. The number of H-pyrrole nitrogens is 1. The third-order valence-electron chi connectivity index (χ3n) is 5.22. The molecule has 1 aromatic heterocycles. The van der Waals surface area contributed by atoms with Crippen molar-refractivity contribution in [3.05, 3.63) is 52.7 Å². The molecule has 8 heteroatoms. The Morgan fingerprint density at radius 3 is 2.61 bits per heavy atom. The van der Waals surface area contributed by atoms with E-state index in [1.165, 1.54) is 6.07 Å². The van der Waals surface area contributed by atoms with E-state index in [-0.39, 0.29) is 28.3 Å². The van der Waals surface area contributed by atoms with E-state index in [2.05, 4.69) is 14.6 Å². The van der Waals surface area contributed by atoms with Gasteiger partial charge in [0.2, 0.25) is 10.0 Å². The van der Waals surface area contributed by atoms with Crippen molar-refractivity contribution in [1.82, 2.24) is 14.6 Å². The van der Waals surface area contributed by atoms with Crippen LogP contribution in [-0.4, -0.2) is 57.2 Å². The number of hydrogen-bond acceptors (Lipinski definition) is 5. The van der Waals surface area contributed by atoms with Crippen LogP contribution in [-0.2, 0) is 14.8 Å². The van der Waals surface area contributed by atoms with Crippen molar-refractivity contribution >= 4 is 31.8 Å². The zero-order valence-corrected chi connectivity index (χ0v) is 16.5. The minimum absolute atomic E-state index is 0.00572. The number of aromatic nitrogens is 1. The van der Waals surface area contributed by atoms with Gasteiger partial charge in [0.05, 0.1) is 29.0 Å². The molecule has 0 bridgehead atoms. The molecule has 7 nitrogen and oxygen atoms in total.